The summed E-state index contributed by atoms with van der Waals surface area (Å²) in [7, 11) is -1.60. The van der Waals surface area contributed by atoms with Gasteiger partial charge < -0.3 is 14.2 Å². The maximum Gasteiger partial charge on any atom is 0.387 e. The first-order valence-corrected chi connectivity index (χ1v) is 8.70. The Kier molecular flexibility index (Phi) is 6.32. The first-order chi connectivity index (χ1) is 12.3. The molecule has 10 heteroatoms. The van der Waals surface area contributed by atoms with Gasteiger partial charge in [0.25, 0.3) is 0 Å². The summed E-state index contributed by atoms with van der Waals surface area (Å²) in [5, 5.41) is 0. The summed E-state index contributed by atoms with van der Waals surface area (Å²) >= 11 is 0. The highest BCUT2D eigenvalue weighted by atomic mass is 32.2. The van der Waals surface area contributed by atoms with Crippen LogP contribution in [0.1, 0.15) is 5.56 Å². The van der Waals surface area contributed by atoms with Gasteiger partial charge in [0.1, 0.15) is 16.5 Å². The van der Waals surface area contributed by atoms with Crippen molar-refractivity contribution >= 4 is 10.0 Å². The molecule has 0 aliphatic carbocycles. The number of rotatable bonds is 8. The number of sulfonamides is 1. The van der Waals surface area contributed by atoms with Crippen molar-refractivity contribution in [2.24, 2.45) is 0 Å². The van der Waals surface area contributed by atoms with Gasteiger partial charge in [-0.2, -0.15) is 8.78 Å². The molecule has 2 aromatic rings. The molecular weight excluding hydrogens is 375 g/mol. The number of ether oxygens (including phenoxy) is 3. The van der Waals surface area contributed by atoms with Crippen LogP contribution >= 0.6 is 0 Å². The first-order valence-electron chi connectivity index (χ1n) is 7.21. The van der Waals surface area contributed by atoms with E-state index in [9.17, 15) is 21.6 Å². The fourth-order valence-corrected chi connectivity index (χ4v) is 3.18. The Hall–Kier alpha value is -2.46. The van der Waals surface area contributed by atoms with Gasteiger partial charge in [-0.05, 0) is 17.7 Å². The smallest absolute Gasteiger partial charge is 0.387 e. The van der Waals surface area contributed by atoms with E-state index in [-0.39, 0.29) is 23.8 Å². The number of benzene rings is 2. The van der Waals surface area contributed by atoms with E-state index >= 15 is 0 Å². The highest BCUT2D eigenvalue weighted by molar-refractivity contribution is 7.89. The standard InChI is InChI=1S/C16H16F3NO5S/c1-23-13-7-12(17)15(8-14(13)24-2)26(21,22)20-9-10-3-5-11(6-4-10)25-16(18)19/h3-8,16,20H,9H2,1-2H3. The van der Waals surface area contributed by atoms with Crippen molar-refractivity contribution in [1.82, 2.24) is 4.72 Å². The largest absolute Gasteiger partial charge is 0.493 e. The third-order valence-corrected chi connectivity index (χ3v) is 4.76. The zero-order valence-electron chi connectivity index (χ0n) is 13.8. The van der Waals surface area contributed by atoms with Gasteiger partial charge in [0.2, 0.25) is 10.0 Å². The van der Waals surface area contributed by atoms with Crippen molar-refractivity contribution in [2.75, 3.05) is 14.2 Å². The molecule has 2 rings (SSSR count). The molecular formula is C16H16F3NO5S. The summed E-state index contributed by atoms with van der Waals surface area (Å²) in [4.78, 5) is -0.604. The fraction of sp³-hybridized carbons (Fsp3) is 0.250. The molecule has 0 atom stereocenters. The Labute approximate surface area is 148 Å². The molecule has 0 heterocycles. The normalized spacial score (nSPS) is 11.5. The molecule has 0 saturated heterocycles. The first kappa shape index (κ1) is 19.9. The summed E-state index contributed by atoms with van der Waals surface area (Å²) in [5.74, 6) is -0.949. The zero-order chi connectivity index (χ0) is 19.3. The van der Waals surface area contributed by atoms with E-state index in [1.165, 1.54) is 38.5 Å². The fourth-order valence-electron chi connectivity index (χ4n) is 2.09. The van der Waals surface area contributed by atoms with Crippen LogP contribution < -0.4 is 18.9 Å². The summed E-state index contributed by atoms with van der Waals surface area (Å²) in [6, 6.07) is 7.27. The van der Waals surface area contributed by atoms with Gasteiger partial charge in [0.05, 0.1) is 14.2 Å². The van der Waals surface area contributed by atoms with Crippen molar-refractivity contribution in [2.45, 2.75) is 18.1 Å². The van der Waals surface area contributed by atoms with E-state index in [1.54, 1.807) is 0 Å². The van der Waals surface area contributed by atoms with Crippen LogP contribution in [-0.4, -0.2) is 29.2 Å². The lowest BCUT2D eigenvalue weighted by atomic mass is 10.2. The van der Waals surface area contributed by atoms with Gasteiger partial charge in [0, 0.05) is 18.7 Å². The van der Waals surface area contributed by atoms with E-state index in [2.05, 4.69) is 9.46 Å². The lowest BCUT2D eigenvalue weighted by Gasteiger charge is -2.12. The Bertz CT molecular complexity index is 857. The average molecular weight is 391 g/mol. The number of hydrogen-bond acceptors (Lipinski definition) is 5. The summed E-state index contributed by atoms with van der Waals surface area (Å²) in [5.41, 5.74) is 0.469. The quantitative estimate of drug-likeness (QED) is 0.749. The van der Waals surface area contributed by atoms with Crippen LogP contribution in [0.4, 0.5) is 13.2 Å². The molecule has 0 saturated carbocycles. The predicted molar refractivity (Wildman–Crippen MR) is 86.6 cm³/mol. The molecule has 0 aliphatic heterocycles. The number of methoxy groups -OCH3 is 2. The highest BCUT2D eigenvalue weighted by Crippen LogP contribution is 2.31. The highest BCUT2D eigenvalue weighted by Gasteiger charge is 2.22. The van der Waals surface area contributed by atoms with E-state index in [4.69, 9.17) is 9.47 Å². The number of nitrogens with one attached hydrogen (secondary N) is 1. The SMILES string of the molecule is COc1cc(F)c(S(=O)(=O)NCc2ccc(OC(F)F)cc2)cc1OC. The zero-order valence-corrected chi connectivity index (χ0v) is 14.6. The lowest BCUT2D eigenvalue weighted by molar-refractivity contribution is -0.0498. The Morgan fingerprint density at radius 2 is 1.62 bits per heavy atom. The van der Waals surface area contributed by atoms with Crippen molar-refractivity contribution in [1.29, 1.82) is 0 Å². The number of alkyl halides is 2. The molecule has 0 aromatic heterocycles. The van der Waals surface area contributed by atoms with Crippen LogP contribution in [0.5, 0.6) is 17.2 Å². The van der Waals surface area contributed by atoms with Crippen molar-refractivity contribution in [3.05, 3.63) is 47.8 Å². The third-order valence-electron chi connectivity index (χ3n) is 3.34. The molecule has 2 aromatic carbocycles. The van der Waals surface area contributed by atoms with Crippen LogP contribution in [0.15, 0.2) is 41.3 Å². The van der Waals surface area contributed by atoms with Crippen LogP contribution in [0.3, 0.4) is 0 Å². The van der Waals surface area contributed by atoms with Gasteiger partial charge in [0.15, 0.2) is 11.5 Å². The van der Waals surface area contributed by atoms with Crippen LogP contribution in [0, 0.1) is 5.82 Å². The minimum Gasteiger partial charge on any atom is -0.493 e. The van der Waals surface area contributed by atoms with E-state index in [0.29, 0.717) is 5.56 Å². The second-order valence-electron chi connectivity index (χ2n) is 4.98. The Morgan fingerprint density at radius 3 is 2.15 bits per heavy atom. The minimum absolute atomic E-state index is 0.0542. The molecule has 26 heavy (non-hydrogen) atoms. The van der Waals surface area contributed by atoms with Gasteiger partial charge in [-0.3, -0.25) is 0 Å². The van der Waals surface area contributed by atoms with Crippen LogP contribution in [-0.2, 0) is 16.6 Å². The molecule has 0 unspecified atom stereocenters. The molecule has 0 bridgehead atoms. The summed E-state index contributed by atoms with van der Waals surface area (Å²) in [6.07, 6.45) is 0. The lowest BCUT2D eigenvalue weighted by Crippen LogP contribution is -2.24. The Morgan fingerprint density at radius 1 is 1.04 bits per heavy atom. The van der Waals surface area contributed by atoms with E-state index in [1.807, 2.05) is 0 Å². The Balaban J connectivity index is 2.16. The molecule has 0 spiro atoms. The van der Waals surface area contributed by atoms with Crippen LogP contribution in [0.25, 0.3) is 0 Å². The molecule has 0 radical (unpaired) electrons. The number of halogens is 3. The van der Waals surface area contributed by atoms with Crippen molar-refractivity contribution < 1.29 is 35.8 Å². The predicted octanol–water partition coefficient (Wildman–Crippen LogP) is 2.92. The topological polar surface area (TPSA) is 73.9 Å². The van der Waals surface area contributed by atoms with Crippen LogP contribution in [0.2, 0.25) is 0 Å². The maximum atomic E-state index is 14.1. The summed E-state index contributed by atoms with van der Waals surface area (Å²) < 4.78 is 79.3. The molecule has 142 valence electrons. The summed E-state index contributed by atoms with van der Waals surface area (Å²) in [6.45, 7) is -3.13. The van der Waals surface area contributed by atoms with Gasteiger partial charge >= 0.3 is 6.61 Å². The third kappa shape index (κ3) is 4.79. The monoisotopic (exact) mass is 391 g/mol. The van der Waals surface area contributed by atoms with Gasteiger partial charge in [-0.25, -0.2) is 17.5 Å². The molecule has 0 amide bonds. The molecule has 0 fully saturated rings. The van der Waals surface area contributed by atoms with Gasteiger partial charge in [-0.15, -0.1) is 0 Å². The van der Waals surface area contributed by atoms with E-state index in [0.717, 1.165) is 12.1 Å². The molecule has 0 aliphatic rings. The minimum atomic E-state index is -4.19. The van der Waals surface area contributed by atoms with Crippen molar-refractivity contribution in [3.63, 3.8) is 0 Å². The second kappa shape index (κ2) is 8.28. The maximum absolute atomic E-state index is 14.1. The molecule has 1 N–H and O–H groups in total. The van der Waals surface area contributed by atoms with E-state index < -0.39 is 27.3 Å². The molecule has 6 nitrogen and oxygen atoms in total. The number of hydrogen-bond donors (Lipinski definition) is 1. The average Bonchev–Trinajstić information content (AvgIpc) is 2.60. The van der Waals surface area contributed by atoms with Gasteiger partial charge in [-0.1, -0.05) is 12.1 Å². The second-order valence-corrected chi connectivity index (χ2v) is 6.72. The van der Waals surface area contributed by atoms with Crippen molar-refractivity contribution in [3.8, 4) is 17.2 Å².